The summed E-state index contributed by atoms with van der Waals surface area (Å²) >= 11 is 6.33. The van der Waals surface area contributed by atoms with E-state index in [0.717, 1.165) is 73.8 Å². The number of aromatic nitrogens is 5. The van der Waals surface area contributed by atoms with Crippen LogP contribution < -0.4 is 19.9 Å². The lowest BCUT2D eigenvalue weighted by atomic mass is 10.0. The number of anilines is 1. The maximum Gasteiger partial charge on any atom is 0.253 e. The second-order valence-corrected chi connectivity index (χ2v) is 11.1. The molecule has 0 spiro atoms. The lowest BCUT2D eigenvalue weighted by Crippen LogP contribution is -2.49. The summed E-state index contributed by atoms with van der Waals surface area (Å²) in [6, 6.07) is 11.6. The number of benzene rings is 2. The van der Waals surface area contributed by atoms with Crippen molar-refractivity contribution in [1.29, 1.82) is 0 Å². The minimum atomic E-state index is -0.387. The van der Waals surface area contributed by atoms with Gasteiger partial charge in [-0.25, -0.2) is 4.68 Å². The van der Waals surface area contributed by atoms with Crippen LogP contribution in [0.1, 0.15) is 54.7 Å². The standard InChI is InChI=1S/C28H30ClN7O3/c1-17-6-7-19(29)14-23(17)34-8-10-35(11-9-34)26(27-31-32-33-36(27)20-4-2-3-5-20)21-12-18-13-24-25(39-16-38-24)15-22(18)30-28(21)37/h6-7,12-15,20,26H,2-5,8-11,16H2,1H3,(H,30,37). The monoisotopic (exact) mass is 547 g/mol. The molecule has 4 aromatic rings. The highest BCUT2D eigenvalue weighted by Gasteiger charge is 2.35. The number of aryl methyl sites for hydroxylation is 1. The van der Waals surface area contributed by atoms with Crippen molar-refractivity contribution in [3.8, 4) is 11.5 Å². The van der Waals surface area contributed by atoms with Crippen LogP contribution in [0.15, 0.2) is 41.2 Å². The van der Waals surface area contributed by atoms with Gasteiger partial charge in [0.2, 0.25) is 6.79 Å². The maximum absolute atomic E-state index is 13.7. The molecule has 3 aliphatic rings. The van der Waals surface area contributed by atoms with Crippen LogP contribution >= 0.6 is 11.6 Å². The van der Waals surface area contributed by atoms with Gasteiger partial charge in [0.15, 0.2) is 17.3 Å². The zero-order valence-corrected chi connectivity index (χ0v) is 22.5. The van der Waals surface area contributed by atoms with Crippen LogP contribution in [0, 0.1) is 6.92 Å². The molecule has 2 fully saturated rings. The van der Waals surface area contributed by atoms with Crippen LogP contribution in [0.2, 0.25) is 5.02 Å². The quantitative estimate of drug-likeness (QED) is 0.396. The average Bonchev–Trinajstić information content (AvgIpc) is 3.72. The predicted octanol–water partition coefficient (Wildman–Crippen LogP) is 4.23. The van der Waals surface area contributed by atoms with Crippen molar-refractivity contribution < 1.29 is 9.47 Å². The van der Waals surface area contributed by atoms with E-state index in [1.54, 1.807) is 0 Å². The van der Waals surface area contributed by atoms with Crippen molar-refractivity contribution >= 4 is 28.2 Å². The molecule has 4 heterocycles. The predicted molar refractivity (Wildman–Crippen MR) is 148 cm³/mol. The van der Waals surface area contributed by atoms with E-state index in [4.69, 9.17) is 21.1 Å². The number of pyridine rings is 1. The Labute approximate surface area is 230 Å². The molecule has 1 saturated heterocycles. The molecule has 1 unspecified atom stereocenters. The zero-order chi connectivity index (χ0) is 26.5. The molecule has 1 atom stereocenters. The molecule has 11 heteroatoms. The highest BCUT2D eigenvalue weighted by atomic mass is 35.5. The number of rotatable bonds is 5. The van der Waals surface area contributed by atoms with E-state index in [1.807, 2.05) is 35.0 Å². The number of hydrogen-bond donors (Lipinski definition) is 1. The van der Waals surface area contributed by atoms with E-state index in [-0.39, 0.29) is 24.4 Å². The fraction of sp³-hybridized carbons (Fsp3) is 0.429. The van der Waals surface area contributed by atoms with Crippen LogP contribution in [-0.4, -0.2) is 63.1 Å². The molecule has 0 radical (unpaired) electrons. The number of fused-ring (bicyclic) bond motifs is 2. The van der Waals surface area contributed by atoms with Crippen LogP contribution in [-0.2, 0) is 0 Å². The van der Waals surface area contributed by atoms with Gasteiger partial charge in [0.25, 0.3) is 5.56 Å². The van der Waals surface area contributed by atoms with Crippen LogP contribution in [0.25, 0.3) is 10.9 Å². The molecule has 0 amide bonds. The first-order valence-electron chi connectivity index (χ1n) is 13.5. The first-order chi connectivity index (χ1) is 19.0. The van der Waals surface area contributed by atoms with Gasteiger partial charge in [0, 0.05) is 53.9 Å². The minimum absolute atomic E-state index is 0.152. The summed E-state index contributed by atoms with van der Waals surface area (Å²) in [5, 5.41) is 14.7. The van der Waals surface area contributed by atoms with Gasteiger partial charge in [-0.05, 0) is 60.0 Å². The molecule has 39 heavy (non-hydrogen) atoms. The Morgan fingerprint density at radius 3 is 2.59 bits per heavy atom. The summed E-state index contributed by atoms with van der Waals surface area (Å²) in [6.45, 7) is 5.37. The molecule has 1 saturated carbocycles. The Balaban J connectivity index is 1.28. The lowest BCUT2D eigenvalue weighted by molar-refractivity contribution is 0.174. The maximum atomic E-state index is 13.7. The number of nitrogens with zero attached hydrogens (tertiary/aromatic N) is 6. The minimum Gasteiger partial charge on any atom is -0.454 e. The normalized spacial score (nSPS) is 18.8. The molecule has 1 N–H and O–H groups in total. The molecule has 202 valence electrons. The Hall–Kier alpha value is -3.63. The van der Waals surface area contributed by atoms with Crippen molar-refractivity contribution in [1.82, 2.24) is 30.1 Å². The number of hydrogen-bond acceptors (Lipinski definition) is 8. The van der Waals surface area contributed by atoms with Crippen LogP contribution in [0.5, 0.6) is 11.5 Å². The highest BCUT2D eigenvalue weighted by Crippen LogP contribution is 2.38. The first-order valence-corrected chi connectivity index (χ1v) is 13.9. The number of tetrazole rings is 1. The highest BCUT2D eigenvalue weighted by molar-refractivity contribution is 6.30. The van der Waals surface area contributed by atoms with Crippen LogP contribution in [0.3, 0.4) is 0 Å². The van der Waals surface area contributed by atoms with Crippen molar-refractivity contribution in [2.24, 2.45) is 0 Å². The summed E-state index contributed by atoms with van der Waals surface area (Å²) in [7, 11) is 0. The Bertz CT molecular complexity index is 1590. The van der Waals surface area contributed by atoms with Gasteiger partial charge in [-0.2, -0.15) is 0 Å². The Morgan fingerprint density at radius 2 is 1.79 bits per heavy atom. The van der Waals surface area contributed by atoms with E-state index in [9.17, 15) is 4.79 Å². The van der Waals surface area contributed by atoms with E-state index < -0.39 is 0 Å². The third-order valence-corrected chi connectivity index (χ3v) is 8.52. The van der Waals surface area contributed by atoms with Crippen molar-refractivity contribution in [3.05, 3.63) is 68.7 Å². The van der Waals surface area contributed by atoms with E-state index in [2.05, 4.69) is 43.3 Å². The molecule has 10 nitrogen and oxygen atoms in total. The molecular formula is C28H30ClN7O3. The van der Waals surface area contributed by atoms with Gasteiger partial charge in [-0.3, -0.25) is 9.69 Å². The van der Waals surface area contributed by atoms with E-state index >= 15 is 0 Å². The van der Waals surface area contributed by atoms with Crippen molar-refractivity contribution in [3.63, 3.8) is 0 Å². The summed E-state index contributed by atoms with van der Waals surface area (Å²) in [4.78, 5) is 21.4. The number of halogens is 1. The zero-order valence-electron chi connectivity index (χ0n) is 21.8. The van der Waals surface area contributed by atoms with E-state index in [0.29, 0.717) is 22.6 Å². The Kier molecular flexibility index (Phi) is 6.16. The van der Waals surface area contributed by atoms with Crippen molar-refractivity contribution in [2.75, 3.05) is 37.9 Å². The second-order valence-electron chi connectivity index (χ2n) is 10.6. The number of ether oxygens (including phenoxy) is 2. The van der Waals surface area contributed by atoms with Gasteiger partial charge < -0.3 is 19.4 Å². The molecule has 1 aliphatic carbocycles. The fourth-order valence-corrected chi connectivity index (χ4v) is 6.42. The lowest BCUT2D eigenvalue weighted by Gasteiger charge is -2.40. The van der Waals surface area contributed by atoms with Crippen molar-refractivity contribution in [2.45, 2.75) is 44.7 Å². The summed E-state index contributed by atoms with van der Waals surface area (Å²) in [5.74, 6) is 2.04. The number of H-pyrrole nitrogens is 1. The number of piperazine rings is 1. The van der Waals surface area contributed by atoms with Gasteiger partial charge in [0.05, 0.1) is 11.6 Å². The third kappa shape index (κ3) is 4.41. The molecule has 2 aromatic carbocycles. The van der Waals surface area contributed by atoms with E-state index in [1.165, 1.54) is 5.56 Å². The number of nitrogens with one attached hydrogen (secondary N) is 1. The fourth-order valence-electron chi connectivity index (χ4n) is 6.25. The summed E-state index contributed by atoms with van der Waals surface area (Å²) in [5.41, 5.74) is 3.53. The summed E-state index contributed by atoms with van der Waals surface area (Å²) in [6.07, 6.45) is 4.42. The molecule has 2 aliphatic heterocycles. The second kappa shape index (κ2) is 9.84. The SMILES string of the molecule is Cc1ccc(Cl)cc1N1CCN(C(c2cc3cc4c(cc3[nH]c2=O)OCO4)c2nnnn2C2CCCC2)CC1. The van der Waals surface area contributed by atoms with Crippen LogP contribution in [0.4, 0.5) is 5.69 Å². The summed E-state index contributed by atoms with van der Waals surface area (Å²) < 4.78 is 13.1. The van der Waals surface area contributed by atoms with Gasteiger partial charge in [-0.15, -0.1) is 5.10 Å². The topological polar surface area (TPSA) is 101 Å². The van der Waals surface area contributed by atoms with Gasteiger partial charge >= 0.3 is 0 Å². The number of aromatic amines is 1. The third-order valence-electron chi connectivity index (χ3n) is 8.29. The van der Waals surface area contributed by atoms with Gasteiger partial charge in [0.1, 0.15) is 6.04 Å². The molecule has 2 aromatic heterocycles. The first kappa shape index (κ1) is 24.4. The van der Waals surface area contributed by atoms with Gasteiger partial charge in [-0.1, -0.05) is 30.5 Å². The molecule has 0 bridgehead atoms. The average molecular weight is 548 g/mol. The largest absolute Gasteiger partial charge is 0.454 e. The molecular weight excluding hydrogens is 518 g/mol. The Morgan fingerprint density at radius 1 is 1.03 bits per heavy atom. The smallest absolute Gasteiger partial charge is 0.253 e. The molecule has 7 rings (SSSR count).